The van der Waals surface area contributed by atoms with E-state index < -0.39 is 0 Å². The second-order valence-corrected chi connectivity index (χ2v) is 7.32. The van der Waals surface area contributed by atoms with Gasteiger partial charge in [0.25, 0.3) is 5.91 Å². The van der Waals surface area contributed by atoms with E-state index in [9.17, 15) is 4.79 Å². The number of amides is 1. The zero-order valence-electron chi connectivity index (χ0n) is 17.9. The summed E-state index contributed by atoms with van der Waals surface area (Å²) in [6, 6.07) is 20.9. The van der Waals surface area contributed by atoms with Gasteiger partial charge in [-0.1, -0.05) is 29.8 Å². The molecule has 0 aliphatic carbocycles. The predicted octanol–water partition coefficient (Wildman–Crippen LogP) is 5.86. The van der Waals surface area contributed by atoms with Crippen molar-refractivity contribution in [2.75, 3.05) is 19.5 Å². The number of ether oxygens (including phenoxy) is 3. The fraction of sp³-hybridized carbons (Fsp3) is 0.0800. The van der Waals surface area contributed by atoms with Crippen LogP contribution in [-0.2, 0) is 0 Å². The van der Waals surface area contributed by atoms with Crippen LogP contribution >= 0.6 is 11.6 Å². The van der Waals surface area contributed by atoms with E-state index in [0.29, 0.717) is 50.8 Å². The Morgan fingerprint density at radius 1 is 0.909 bits per heavy atom. The number of rotatable bonds is 7. The Morgan fingerprint density at radius 2 is 1.73 bits per heavy atom. The number of aromatic nitrogens is 2. The number of carbonyl (C=O) groups is 1. The summed E-state index contributed by atoms with van der Waals surface area (Å²) in [5.41, 5.74) is 1.57. The molecule has 8 heteroatoms. The summed E-state index contributed by atoms with van der Waals surface area (Å²) < 4.78 is 16.4. The van der Waals surface area contributed by atoms with Crippen molar-refractivity contribution < 1.29 is 19.0 Å². The maximum atomic E-state index is 12.9. The van der Waals surface area contributed by atoms with E-state index in [-0.39, 0.29) is 5.91 Å². The molecule has 1 N–H and O–H groups in total. The highest BCUT2D eigenvalue weighted by Crippen LogP contribution is 2.29. The average Bonchev–Trinajstić information content (AvgIpc) is 2.84. The lowest BCUT2D eigenvalue weighted by Gasteiger charge is -2.11. The first-order chi connectivity index (χ1) is 16.1. The number of anilines is 1. The third-order valence-corrected chi connectivity index (χ3v) is 4.92. The molecular weight excluding hydrogens is 442 g/mol. The molecule has 1 amide bonds. The molecule has 1 heterocycles. The van der Waals surface area contributed by atoms with Crippen molar-refractivity contribution in [3.8, 4) is 34.5 Å². The number of nitrogens with one attached hydrogen (secondary N) is 1. The van der Waals surface area contributed by atoms with Gasteiger partial charge in [-0.25, -0.2) is 4.98 Å². The van der Waals surface area contributed by atoms with Crippen molar-refractivity contribution in [1.82, 2.24) is 9.97 Å². The van der Waals surface area contributed by atoms with E-state index in [2.05, 4.69) is 15.3 Å². The van der Waals surface area contributed by atoms with Crippen molar-refractivity contribution in [1.29, 1.82) is 0 Å². The topological polar surface area (TPSA) is 82.6 Å². The zero-order valence-corrected chi connectivity index (χ0v) is 18.7. The first-order valence-corrected chi connectivity index (χ1v) is 10.3. The largest absolute Gasteiger partial charge is 0.497 e. The lowest BCUT2D eigenvalue weighted by Crippen LogP contribution is -2.12. The Labute approximate surface area is 195 Å². The molecule has 0 radical (unpaired) electrons. The van der Waals surface area contributed by atoms with Crippen LogP contribution in [0.4, 0.5) is 5.69 Å². The van der Waals surface area contributed by atoms with Gasteiger partial charge in [0, 0.05) is 34.5 Å². The molecular formula is C25H20ClN3O4. The van der Waals surface area contributed by atoms with E-state index >= 15 is 0 Å². The van der Waals surface area contributed by atoms with Crippen molar-refractivity contribution in [2.45, 2.75) is 0 Å². The van der Waals surface area contributed by atoms with Crippen LogP contribution in [0.3, 0.4) is 0 Å². The minimum atomic E-state index is -0.318. The third-order valence-electron chi connectivity index (χ3n) is 4.69. The Morgan fingerprint density at radius 3 is 2.55 bits per heavy atom. The van der Waals surface area contributed by atoms with Gasteiger partial charge in [0.1, 0.15) is 17.2 Å². The van der Waals surface area contributed by atoms with Crippen molar-refractivity contribution in [3.63, 3.8) is 0 Å². The van der Waals surface area contributed by atoms with Crippen LogP contribution < -0.4 is 19.5 Å². The number of hydrogen-bond acceptors (Lipinski definition) is 6. The van der Waals surface area contributed by atoms with Gasteiger partial charge in [-0.15, -0.1) is 0 Å². The normalized spacial score (nSPS) is 10.4. The van der Waals surface area contributed by atoms with Crippen molar-refractivity contribution in [2.24, 2.45) is 0 Å². The van der Waals surface area contributed by atoms with Gasteiger partial charge in [0.05, 0.1) is 19.9 Å². The third kappa shape index (κ3) is 5.39. The Hall–Kier alpha value is -4.10. The summed E-state index contributed by atoms with van der Waals surface area (Å²) in [4.78, 5) is 21.7. The second kappa shape index (κ2) is 10.0. The minimum Gasteiger partial charge on any atom is -0.497 e. The number of methoxy groups -OCH3 is 2. The van der Waals surface area contributed by atoms with Gasteiger partial charge in [-0.05, 0) is 42.5 Å². The number of nitrogens with zero attached hydrogens (tertiary/aromatic N) is 2. The molecule has 1 aromatic heterocycles. The standard InChI is InChI=1S/C25H20ClN3O4/c1-31-19-7-4-8-20(15-19)33-23-11-12-27-24(29-23)16-5-3-6-17(13-16)25(30)28-21-14-18(26)9-10-22(21)32-2/h3-15H,1-2H3,(H,28,30). The van der Waals surface area contributed by atoms with E-state index in [4.69, 9.17) is 25.8 Å². The number of carbonyl (C=O) groups excluding carboxylic acids is 1. The van der Waals surface area contributed by atoms with Gasteiger partial charge < -0.3 is 19.5 Å². The average molecular weight is 462 g/mol. The van der Waals surface area contributed by atoms with Gasteiger partial charge in [-0.2, -0.15) is 4.98 Å². The first-order valence-electron chi connectivity index (χ1n) is 9.96. The van der Waals surface area contributed by atoms with Crippen LogP contribution in [0.1, 0.15) is 10.4 Å². The lowest BCUT2D eigenvalue weighted by molar-refractivity contribution is 0.102. The monoisotopic (exact) mass is 461 g/mol. The molecule has 0 saturated heterocycles. The molecule has 3 aromatic carbocycles. The fourth-order valence-corrected chi connectivity index (χ4v) is 3.27. The molecule has 0 spiro atoms. The molecule has 4 rings (SSSR count). The summed E-state index contributed by atoms with van der Waals surface area (Å²) >= 11 is 6.06. The van der Waals surface area contributed by atoms with Crippen LogP contribution in [-0.4, -0.2) is 30.1 Å². The molecule has 0 fully saturated rings. The van der Waals surface area contributed by atoms with Crippen LogP contribution in [0.5, 0.6) is 23.1 Å². The maximum absolute atomic E-state index is 12.9. The number of halogens is 1. The summed E-state index contributed by atoms with van der Waals surface area (Å²) in [5.74, 6) is 2.24. The van der Waals surface area contributed by atoms with Crippen molar-refractivity contribution in [3.05, 3.63) is 89.6 Å². The van der Waals surface area contributed by atoms with E-state index in [1.807, 2.05) is 18.2 Å². The van der Waals surface area contributed by atoms with Gasteiger partial charge in [0.2, 0.25) is 5.88 Å². The molecule has 0 bridgehead atoms. The molecule has 166 valence electrons. The maximum Gasteiger partial charge on any atom is 0.255 e. The Bertz CT molecular complexity index is 1300. The SMILES string of the molecule is COc1cccc(Oc2ccnc(-c3cccc(C(=O)Nc4cc(Cl)ccc4OC)c3)n2)c1. The molecule has 4 aromatic rings. The summed E-state index contributed by atoms with van der Waals surface area (Å²) in [5, 5.41) is 3.31. The molecule has 0 atom stereocenters. The van der Waals surface area contributed by atoms with Crippen LogP contribution in [0.15, 0.2) is 79.0 Å². The highest BCUT2D eigenvalue weighted by atomic mass is 35.5. The lowest BCUT2D eigenvalue weighted by atomic mass is 10.1. The molecule has 33 heavy (non-hydrogen) atoms. The Kier molecular flexibility index (Phi) is 6.71. The summed E-state index contributed by atoms with van der Waals surface area (Å²) in [6.07, 6.45) is 1.60. The summed E-state index contributed by atoms with van der Waals surface area (Å²) in [7, 11) is 3.12. The number of benzene rings is 3. The fourth-order valence-electron chi connectivity index (χ4n) is 3.10. The van der Waals surface area contributed by atoms with Gasteiger partial charge in [0.15, 0.2) is 5.82 Å². The smallest absolute Gasteiger partial charge is 0.255 e. The summed E-state index contributed by atoms with van der Waals surface area (Å²) in [6.45, 7) is 0. The highest BCUT2D eigenvalue weighted by molar-refractivity contribution is 6.31. The number of hydrogen-bond donors (Lipinski definition) is 1. The molecule has 0 aliphatic rings. The minimum absolute atomic E-state index is 0.318. The van der Waals surface area contributed by atoms with Crippen LogP contribution in [0.25, 0.3) is 11.4 Å². The highest BCUT2D eigenvalue weighted by Gasteiger charge is 2.13. The second-order valence-electron chi connectivity index (χ2n) is 6.88. The first kappa shape index (κ1) is 22.1. The zero-order chi connectivity index (χ0) is 23.2. The molecule has 0 aliphatic heterocycles. The quantitative estimate of drug-likeness (QED) is 0.371. The Balaban J connectivity index is 1.56. The van der Waals surface area contributed by atoms with Gasteiger partial charge in [-0.3, -0.25) is 4.79 Å². The van der Waals surface area contributed by atoms with E-state index in [1.54, 1.807) is 67.9 Å². The van der Waals surface area contributed by atoms with Crippen LogP contribution in [0.2, 0.25) is 5.02 Å². The molecule has 0 unspecified atom stereocenters. The van der Waals surface area contributed by atoms with Crippen molar-refractivity contribution >= 4 is 23.2 Å². The van der Waals surface area contributed by atoms with Gasteiger partial charge >= 0.3 is 0 Å². The molecule has 7 nitrogen and oxygen atoms in total. The van der Waals surface area contributed by atoms with E-state index in [1.165, 1.54) is 7.11 Å². The van der Waals surface area contributed by atoms with E-state index in [0.717, 1.165) is 0 Å². The van der Waals surface area contributed by atoms with Crippen LogP contribution in [0, 0.1) is 0 Å². The molecule has 0 saturated carbocycles. The predicted molar refractivity (Wildman–Crippen MR) is 126 cm³/mol.